The van der Waals surface area contributed by atoms with Crippen LogP contribution < -0.4 is 5.32 Å². The first kappa shape index (κ1) is 16.5. The van der Waals surface area contributed by atoms with E-state index in [1.807, 2.05) is 0 Å². The van der Waals surface area contributed by atoms with Gasteiger partial charge < -0.3 is 14.6 Å². The predicted molar refractivity (Wildman–Crippen MR) is 92.7 cm³/mol. The number of allylic oxidation sites excluding steroid dienone is 2. The van der Waals surface area contributed by atoms with Crippen molar-refractivity contribution in [3.8, 4) is 0 Å². The molecular weight excluding hydrogens is 318 g/mol. The van der Waals surface area contributed by atoms with Gasteiger partial charge in [0.05, 0.1) is 5.70 Å². The monoisotopic (exact) mass is 343 g/mol. The van der Waals surface area contributed by atoms with E-state index < -0.39 is 0 Å². The lowest BCUT2D eigenvalue weighted by molar-refractivity contribution is 0.0954. The second kappa shape index (κ2) is 7.12. The van der Waals surface area contributed by atoms with Crippen LogP contribution in [0.25, 0.3) is 0 Å². The average molecular weight is 343 g/mol. The smallest absolute Gasteiger partial charge is 0.246 e. The highest BCUT2D eigenvalue weighted by Crippen LogP contribution is 2.34. The van der Waals surface area contributed by atoms with Crippen LogP contribution in [0.15, 0.2) is 16.2 Å². The maximum absolute atomic E-state index is 12.7. The molecule has 1 aromatic rings. The third-order valence-corrected chi connectivity index (χ3v) is 5.50. The molecule has 0 aromatic carbocycles. The molecule has 3 aliphatic rings. The van der Waals surface area contributed by atoms with Gasteiger partial charge in [-0.05, 0) is 38.8 Å². The summed E-state index contributed by atoms with van der Waals surface area (Å²) >= 11 is 0. The Hall–Kier alpha value is -1.95. The highest BCUT2D eigenvalue weighted by Gasteiger charge is 2.33. The number of carbonyl (C=O) groups is 2. The van der Waals surface area contributed by atoms with Crippen molar-refractivity contribution < 1.29 is 14.0 Å². The quantitative estimate of drug-likeness (QED) is 0.886. The fourth-order valence-corrected chi connectivity index (χ4v) is 4.06. The summed E-state index contributed by atoms with van der Waals surface area (Å²) < 4.78 is 5.77. The maximum atomic E-state index is 12.7. The minimum Gasteiger partial charge on any atom is -0.436 e. The number of ketones is 2. The first-order chi connectivity index (χ1) is 12.2. The lowest BCUT2D eigenvalue weighted by Gasteiger charge is -2.18. The molecule has 6 nitrogen and oxygen atoms in total. The van der Waals surface area contributed by atoms with Gasteiger partial charge in [-0.15, -0.1) is 0 Å². The summed E-state index contributed by atoms with van der Waals surface area (Å²) in [5.41, 5.74) is 0.527. The molecule has 1 aromatic heterocycles. The highest BCUT2D eigenvalue weighted by molar-refractivity contribution is 6.22. The minimum absolute atomic E-state index is 0.122. The fraction of sp³-hybridized carbons (Fsp3) is 0.632. The van der Waals surface area contributed by atoms with Gasteiger partial charge in [-0.2, -0.15) is 0 Å². The Bertz CT molecular complexity index is 695. The molecule has 2 fully saturated rings. The first-order valence-corrected chi connectivity index (χ1v) is 9.50. The van der Waals surface area contributed by atoms with Crippen LogP contribution in [-0.2, 0) is 0 Å². The largest absolute Gasteiger partial charge is 0.436 e. The number of nitrogens with one attached hydrogen (secondary N) is 1. The van der Waals surface area contributed by atoms with Crippen molar-refractivity contribution in [2.45, 2.75) is 50.9 Å². The van der Waals surface area contributed by atoms with Gasteiger partial charge in [-0.25, -0.2) is 4.98 Å². The van der Waals surface area contributed by atoms with Crippen LogP contribution in [0.3, 0.4) is 0 Å². The predicted octanol–water partition coefficient (Wildman–Crippen LogP) is 2.67. The Balaban J connectivity index is 1.44. The molecule has 0 radical (unpaired) electrons. The zero-order valence-corrected chi connectivity index (χ0v) is 14.6. The summed E-state index contributed by atoms with van der Waals surface area (Å²) in [6.45, 7) is 3.77. The lowest BCUT2D eigenvalue weighted by atomic mass is 9.89. The zero-order chi connectivity index (χ0) is 17.2. The molecule has 0 spiro atoms. The van der Waals surface area contributed by atoms with E-state index in [2.05, 4.69) is 15.2 Å². The minimum atomic E-state index is -0.245. The number of hydrogen-bond donors (Lipinski definition) is 1. The number of hydrogen-bond acceptors (Lipinski definition) is 6. The molecule has 0 bridgehead atoms. The molecule has 0 amide bonds. The van der Waals surface area contributed by atoms with Crippen LogP contribution in [0.2, 0.25) is 0 Å². The number of nitrogens with zero attached hydrogens (tertiary/aromatic N) is 2. The molecule has 2 heterocycles. The van der Waals surface area contributed by atoms with Crippen molar-refractivity contribution in [1.29, 1.82) is 0 Å². The van der Waals surface area contributed by atoms with E-state index in [0.29, 0.717) is 18.1 Å². The van der Waals surface area contributed by atoms with Gasteiger partial charge in [0.25, 0.3) is 0 Å². The maximum Gasteiger partial charge on any atom is 0.246 e. The standard InChI is InChI=1S/C19H25N3O3/c23-15-12-14(20-8-11-22-9-4-5-10-22)17(24)18-16(15)21-19(25-18)13-6-2-1-3-7-13/h12-13,20H,1-11H2. The molecular formula is C19H25N3O3. The summed E-state index contributed by atoms with van der Waals surface area (Å²) in [5.74, 6) is 0.455. The fourth-order valence-electron chi connectivity index (χ4n) is 4.06. The van der Waals surface area contributed by atoms with Crippen molar-refractivity contribution in [2.75, 3.05) is 26.2 Å². The summed E-state index contributed by atoms with van der Waals surface area (Å²) in [4.78, 5) is 31.7. The van der Waals surface area contributed by atoms with Crippen LogP contribution in [0.4, 0.5) is 0 Å². The van der Waals surface area contributed by atoms with E-state index >= 15 is 0 Å². The molecule has 1 N–H and O–H groups in total. The van der Waals surface area contributed by atoms with Crippen LogP contribution in [0.1, 0.15) is 77.8 Å². The third kappa shape index (κ3) is 3.40. The van der Waals surface area contributed by atoms with Crippen LogP contribution in [0.5, 0.6) is 0 Å². The lowest BCUT2D eigenvalue weighted by Crippen LogP contribution is -2.33. The zero-order valence-electron chi connectivity index (χ0n) is 14.6. The number of carbonyl (C=O) groups excluding carboxylic acids is 2. The van der Waals surface area contributed by atoms with Gasteiger partial charge >= 0.3 is 0 Å². The van der Waals surface area contributed by atoms with Crippen LogP contribution >= 0.6 is 0 Å². The molecule has 1 saturated carbocycles. The van der Waals surface area contributed by atoms with Gasteiger partial charge in [-0.3, -0.25) is 9.59 Å². The average Bonchev–Trinajstić information content (AvgIpc) is 3.30. The molecule has 1 saturated heterocycles. The van der Waals surface area contributed by atoms with Crippen molar-refractivity contribution in [3.05, 3.63) is 29.1 Å². The Morgan fingerprint density at radius 3 is 2.64 bits per heavy atom. The molecule has 6 heteroatoms. The van der Waals surface area contributed by atoms with E-state index in [-0.39, 0.29) is 28.9 Å². The summed E-state index contributed by atoms with van der Waals surface area (Å²) in [7, 11) is 0. The summed E-state index contributed by atoms with van der Waals surface area (Å²) in [6, 6.07) is 0. The van der Waals surface area contributed by atoms with Gasteiger partial charge in [0.2, 0.25) is 17.3 Å². The van der Waals surface area contributed by atoms with Gasteiger partial charge in [-0.1, -0.05) is 19.3 Å². The second-order valence-electron chi connectivity index (χ2n) is 7.29. The number of aromatic nitrogens is 1. The van der Waals surface area contributed by atoms with Crippen molar-refractivity contribution >= 4 is 11.6 Å². The third-order valence-electron chi connectivity index (χ3n) is 5.50. The molecule has 4 rings (SSSR count). The van der Waals surface area contributed by atoms with Gasteiger partial charge in [0, 0.05) is 25.1 Å². The number of Topliss-reactive ketones (excluding diaryl/α,β-unsaturated/α-hetero) is 1. The molecule has 0 atom stereocenters. The van der Waals surface area contributed by atoms with E-state index in [1.54, 1.807) is 0 Å². The second-order valence-corrected chi connectivity index (χ2v) is 7.29. The van der Waals surface area contributed by atoms with Crippen LogP contribution in [-0.4, -0.2) is 47.6 Å². The van der Waals surface area contributed by atoms with E-state index in [9.17, 15) is 9.59 Å². The Kier molecular flexibility index (Phi) is 4.70. The number of oxazole rings is 1. The first-order valence-electron chi connectivity index (χ1n) is 9.50. The topological polar surface area (TPSA) is 75.4 Å². The highest BCUT2D eigenvalue weighted by atomic mass is 16.4. The van der Waals surface area contributed by atoms with Crippen molar-refractivity contribution in [2.24, 2.45) is 0 Å². The Morgan fingerprint density at radius 2 is 1.88 bits per heavy atom. The van der Waals surface area contributed by atoms with Crippen molar-refractivity contribution in [3.63, 3.8) is 0 Å². The summed E-state index contributed by atoms with van der Waals surface area (Å²) in [6.07, 6.45) is 9.45. The molecule has 25 heavy (non-hydrogen) atoms. The number of rotatable bonds is 5. The molecule has 2 aliphatic carbocycles. The summed E-state index contributed by atoms with van der Waals surface area (Å²) in [5, 5.41) is 3.12. The normalized spacial score (nSPS) is 22.2. The molecule has 134 valence electrons. The molecule has 1 aliphatic heterocycles. The number of likely N-dealkylation sites (tertiary alicyclic amines) is 1. The van der Waals surface area contributed by atoms with E-state index in [0.717, 1.165) is 45.3 Å². The van der Waals surface area contributed by atoms with Gasteiger partial charge in [0.15, 0.2) is 11.6 Å². The number of fused-ring (bicyclic) bond motifs is 1. The Morgan fingerprint density at radius 1 is 1.12 bits per heavy atom. The Labute approximate surface area is 147 Å². The van der Waals surface area contributed by atoms with Crippen LogP contribution in [0, 0.1) is 0 Å². The van der Waals surface area contributed by atoms with Gasteiger partial charge in [0.1, 0.15) is 0 Å². The molecule has 0 unspecified atom stereocenters. The van der Waals surface area contributed by atoms with Crippen molar-refractivity contribution in [1.82, 2.24) is 15.2 Å². The SMILES string of the molecule is O=C1C=C(NCCN2CCCC2)C(=O)c2oc(C3CCCCC3)nc21. The van der Waals surface area contributed by atoms with E-state index in [1.165, 1.54) is 25.3 Å². The van der Waals surface area contributed by atoms with E-state index in [4.69, 9.17) is 4.42 Å².